The lowest BCUT2D eigenvalue weighted by atomic mass is 9.90. The predicted molar refractivity (Wildman–Crippen MR) is 147 cm³/mol. The highest BCUT2D eigenvalue weighted by atomic mass is 16.2. The van der Waals surface area contributed by atoms with E-state index >= 15 is 0 Å². The first kappa shape index (κ1) is 24.6. The predicted octanol–water partition coefficient (Wildman–Crippen LogP) is 8.02. The van der Waals surface area contributed by atoms with E-state index < -0.39 is 5.41 Å². The van der Waals surface area contributed by atoms with Crippen LogP contribution in [0.3, 0.4) is 0 Å². The van der Waals surface area contributed by atoms with Crippen LogP contribution in [0.2, 0.25) is 0 Å². The van der Waals surface area contributed by atoms with Gasteiger partial charge in [0.1, 0.15) is 5.78 Å². The number of benzene rings is 3. The number of ketones is 2. The van der Waals surface area contributed by atoms with E-state index in [0.29, 0.717) is 19.3 Å². The van der Waals surface area contributed by atoms with Gasteiger partial charge in [-0.05, 0) is 77.3 Å². The fourth-order valence-electron chi connectivity index (χ4n) is 4.95. The summed E-state index contributed by atoms with van der Waals surface area (Å²) in [6.07, 6.45) is 9.06. The molecule has 0 N–H and O–H groups in total. The lowest BCUT2D eigenvalue weighted by molar-refractivity contribution is -0.133. The van der Waals surface area contributed by atoms with Gasteiger partial charge in [0, 0.05) is 12.0 Å². The Morgan fingerprint density at radius 2 is 1.77 bits per heavy atom. The van der Waals surface area contributed by atoms with E-state index in [2.05, 4.69) is 68.6 Å². The summed E-state index contributed by atoms with van der Waals surface area (Å²) in [5.41, 5.74) is 9.44. The number of fused-ring (bicyclic) bond motifs is 1. The third-order valence-electron chi connectivity index (χ3n) is 7.31. The molecule has 1 aliphatic carbocycles. The molecular formula is C33H34O2. The molecule has 1 fully saturated rings. The van der Waals surface area contributed by atoms with Crippen LogP contribution in [0.5, 0.6) is 0 Å². The number of hydrogen-bond donors (Lipinski definition) is 0. The van der Waals surface area contributed by atoms with E-state index in [9.17, 15) is 9.59 Å². The van der Waals surface area contributed by atoms with E-state index in [1.807, 2.05) is 24.3 Å². The van der Waals surface area contributed by atoms with Gasteiger partial charge in [-0.15, -0.1) is 5.73 Å². The highest BCUT2D eigenvalue weighted by molar-refractivity contribution is 6.09. The highest BCUT2D eigenvalue weighted by Gasteiger charge is 2.53. The van der Waals surface area contributed by atoms with Crippen LogP contribution in [-0.4, -0.2) is 11.6 Å². The minimum atomic E-state index is -0.693. The zero-order valence-electron chi connectivity index (χ0n) is 21.1. The number of hydrogen-bond acceptors (Lipinski definition) is 2. The molecule has 4 rings (SSSR count). The summed E-state index contributed by atoms with van der Waals surface area (Å²) >= 11 is 0. The van der Waals surface area contributed by atoms with Crippen molar-refractivity contribution in [2.24, 2.45) is 5.41 Å². The number of carbonyl (C=O) groups is 2. The van der Waals surface area contributed by atoms with Crippen LogP contribution in [0.4, 0.5) is 0 Å². The van der Waals surface area contributed by atoms with Crippen LogP contribution in [0.15, 0.2) is 66.9 Å². The molecule has 0 saturated heterocycles. The first-order valence-electron chi connectivity index (χ1n) is 12.7. The smallest absolute Gasteiger partial charge is 0.150 e. The van der Waals surface area contributed by atoms with E-state index in [1.165, 1.54) is 34.4 Å². The van der Waals surface area contributed by atoms with Crippen LogP contribution in [0, 0.1) is 5.41 Å². The molecule has 1 saturated carbocycles. The minimum absolute atomic E-state index is 0.0109. The van der Waals surface area contributed by atoms with Crippen LogP contribution in [-0.2, 0) is 22.4 Å². The summed E-state index contributed by atoms with van der Waals surface area (Å²) < 4.78 is 0. The molecule has 3 aromatic carbocycles. The molecule has 0 atom stereocenters. The van der Waals surface area contributed by atoms with Crippen molar-refractivity contribution in [3.8, 4) is 0 Å². The Balaban J connectivity index is 1.59. The Labute approximate surface area is 209 Å². The molecule has 0 heterocycles. The van der Waals surface area contributed by atoms with Crippen molar-refractivity contribution in [3.05, 3.63) is 94.7 Å². The molecule has 2 nitrogen and oxygen atoms in total. The molecule has 0 amide bonds. The van der Waals surface area contributed by atoms with Crippen LogP contribution in [0.1, 0.15) is 74.3 Å². The van der Waals surface area contributed by atoms with Crippen LogP contribution < -0.4 is 0 Å². The van der Waals surface area contributed by atoms with Crippen LogP contribution >= 0.6 is 0 Å². The first-order chi connectivity index (χ1) is 16.9. The standard InChI is InChI=1S/C33H34O2/c1-5-9-28-21-29-11-8-10-27(31(29)22-30(28)26(6-2)7-3)17-16-24-12-14-25(15-13-24)20-32(35)33(18-19-33)23(4)34/h8,10-17,21-22H,2,5,7,9,18-20H2,1,3-4H3/b17-16-. The summed E-state index contributed by atoms with van der Waals surface area (Å²) in [5, 5.41) is 2.47. The third kappa shape index (κ3) is 5.14. The molecule has 0 bridgehead atoms. The third-order valence-corrected chi connectivity index (χ3v) is 7.31. The van der Waals surface area contributed by atoms with E-state index in [4.69, 9.17) is 0 Å². The number of rotatable bonds is 10. The van der Waals surface area contributed by atoms with Gasteiger partial charge >= 0.3 is 0 Å². The van der Waals surface area contributed by atoms with Gasteiger partial charge in [0.2, 0.25) is 0 Å². The van der Waals surface area contributed by atoms with Crippen molar-refractivity contribution in [2.75, 3.05) is 0 Å². The number of carbonyl (C=O) groups excluding carboxylic acids is 2. The van der Waals surface area contributed by atoms with Gasteiger partial charge in [-0.25, -0.2) is 0 Å². The fourth-order valence-corrected chi connectivity index (χ4v) is 4.95. The average Bonchev–Trinajstić information content (AvgIpc) is 3.67. The Morgan fingerprint density at radius 1 is 1.03 bits per heavy atom. The SMILES string of the molecule is C=C=C(CC)c1cc2c(/C=C\c3ccc(CC(=O)C4(C(C)=O)CC4)cc3)cccc2cc1CCC. The molecule has 0 radical (unpaired) electrons. The molecule has 1 aliphatic rings. The van der Waals surface area contributed by atoms with Crippen molar-refractivity contribution in [1.29, 1.82) is 0 Å². The van der Waals surface area contributed by atoms with E-state index in [-0.39, 0.29) is 11.6 Å². The zero-order chi connectivity index (χ0) is 25.0. The average molecular weight is 463 g/mol. The topological polar surface area (TPSA) is 34.1 Å². The molecule has 0 spiro atoms. The first-order valence-corrected chi connectivity index (χ1v) is 12.7. The Kier molecular flexibility index (Phi) is 7.34. The summed E-state index contributed by atoms with van der Waals surface area (Å²) in [4.78, 5) is 24.4. The Hall–Kier alpha value is -3.48. The summed E-state index contributed by atoms with van der Waals surface area (Å²) in [5.74, 6) is 0.0686. The van der Waals surface area contributed by atoms with Crippen molar-refractivity contribution in [3.63, 3.8) is 0 Å². The lowest BCUT2D eigenvalue weighted by Gasteiger charge is -2.13. The number of Topliss-reactive ketones (excluding diaryl/α,β-unsaturated/α-hetero) is 2. The maximum atomic E-state index is 12.6. The van der Waals surface area contributed by atoms with Gasteiger partial charge in [0.25, 0.3) is 0 Å². The normalized spacial score (nSPS) is 14.1. The van der Waals surface area contributed by atoms with E-state index in [0.717, 1.165) is 36.0 Å². The number of allylic oxidation sites excluding steroid dienone is 1. The molecular weight excluding hydrogens is 428 g/mol. The molecule has 0 unspecified atom stereocenters. The second-order valence-electron chi connectivity index (χ2n) is 9.65. The lowest BCUT2D eigenvalue weighted by Crippen LogP contribution is -2.25. The highest BCUT2D eigenvalue weighted by Crippen LogP contribution is 2.48. The monoisotopic (exact) mass is 462 g/mol. The summed E-state index contributed by atoms with van der Waals surface area (Å²) in [6.45, 7) is 9.83. The van der Waals surface area contributed by atoms with E-state index in [1.54, 1.807) is 0 Å². The maximum Gasteiger partial charge on any atom is 0.150 e. The Morgan fingerprint density at radius 3 is 2.37 bits per heavy atom. The largest absolute Gasteiger partial charge is 0.299 e. The van der Waals surface area contributed by atoms with Crippen LogP contribution in [0.25, 0.3) is 28.5 Å². The Bertz CT molecular complexity index is 1340. The second kappa shape index (κ2) is 10.4. The second-order valence-corrected chi connectivity index (χ2v) is 9.65. The minimum Gasteiger partial charge on any atom is -0.299 e. The van der Waals surface area contributed by atoms with Crippen molar-refractivity contribution >= 4 is 40.1 Å². The zero-order valence-corrected chi connectivity index (χ0v) is 21.1. The molecule has 3 aromatic rings. The fraction of sp³-hybridized carbons (Fsp3) is 0.303. The summed E-state index contributed by atoms with van der Waals surface area (Å²) in [6, 6.07) is 19.1. The molecule has 35 heavy (non-hydrogen) atoms. The maximum absolute atomic E-state index is 12.6. The summed E-state index contributed by atoms with van der Waals surface area (Å²) in [7, 11) is 0. The van der Waals surface area contributed by atoms with Gasteiger partial charge in [-0.1, -0.05) is 87.5 Å². The van der Waals surface area contributed by atoms with Crippen molar-refractivity contribution < 1.29 is 9.59 Å². The molecule has 2 heteroatoms. The van der Waals surface area contributed by atoms with Crippen molar-refractivity contribution in [2.45, 2.75) is 59.3 Å². The quantitative estimate of drug-likeness (QED) is 0.174. The number of aryl methyl sites for hydroxylation is 1. The molecule has 0 aromatic heterocycles. The van der Waals surface area contributed by atoms with Crippen molar-refractivity contribution in [1.82, 2.24) is 0 Å². The van der Waals surface area contributed by atoms with Gasteiger partial charge in [0.05, 0.1) is 5.41 Å². The molecule has 178 valence electrons. The van der Waals surface area contributed by atoms with Gasteiger partial charge in [0.15, 0.2) is 5.78 Å². The molecule has 0 aliphatic heterocycles. The van der Waals surface area contributed by atoms with Gasteiger partial charge < -0.3 is 0 Å². The van der Waals surface area contributed by atoms with Gasteiger partial charge in [-0.3, -0.25) is 9.59 Å². The van der Waals surface area contributed by atoms with Gasteiger partial charge in [-0.2, -0.15) is 0 Å².